The number of imide groups is 1. The second kappa shape index (κ2) is 7.83. The number of anilines is 1. The van der Waals surface area contributed by atoms with Gasteiger partial charge in [-0.2, -0.15) is 0 Å². The zero-order valence-corrected chi connectivity index (χ0v) is 15.5. The van der Waals surface area contributed by atoms with Gasteiger partial charge in [-0.1, -0.05) is 15.9 Å². The van der Waals surface area contributed by atoms with Crippen molar-refractivity contribution in [3.8, 4) is 0 Å². The summed E-state index contributed by atoms with van der Waals surface area (Å²) in [5.41, 5.74) is 0.535. The molecule has 2 aromatic carbocycles. The molecule has 0 unspecified atom stereocenters. The normalized spacial score (nSPS) is 12.9. The molecule has 0 aromatic heterocycles. The van der Waals surface area contributed by atoms with Gasteiger partial charge in [0.2, 0.25) is 0 Å². The second-order valence-corrected chi connectivity index (χ2v) is 6.73. The fourth-order valence-electron chi connectivity index (χ4n) is 2.66. The van der Waals surface area contributed by atoms with E-state index in [0.29, 0.717) is 28.1 Å². The van der Waals surface area contributed by atoms with Gasteiger partial charge in [0.15, 0.2) is 0 Å². The van der Waals surface area contributed by atoms with Crippen LogP contribution in [0.5, 0.6) is 0 Å². The van der Waals surface area contributed by atoms with Gasteiger partial charge in [-0.25, -0.2) is 13.6 Å². The standard InChI is InChI=1S/C18H14BrF2N3O3/c19-10-2-4-12-13(8-10)17(26)24(16(12)25)7-1-6-22-18(27)23-15-5-3-11(20)9-14(15)21/h2-5,8-9H,1,6-7H2,(H2,22,23,27). The summed E-state index contributed by atoms with van der Waals surface area (Å²) < 4.78 is 27.0. The molecule has 6 nitrogen and oxygen atoms in total. The van der Waals surface area contributed by atoms with Gasteiger partial charge in [-0.05, 0) is 36.8 Å². The molecule has 1 heterocycles. The van der Waals surface area contributed by atoms with Crippen LogP contribution in [0.15, 0.2) is 40.9 Å². The van der Waals surface area contributed by atoms with Gasteiger partial charge in [0.25, 0.3) is 11.8 Å². The van der Waals surface area contributed by atoms with Crippen LogP contribution in [-0.2, 0) is 0 Å². The first-order valence-electron chi connectivity index (χ1n) is 8.02. The number of benzene rings is 2. The Kier molecular flexibility index (Phi) is 5.50. The number of fused-ring (bicyclic) bond motifs is 1. The Morgan fingerprint density at radius 1 is 1.04 bits per heavy atom. The van der Waals surface area contributed by atoms with Crippen LogP contribution in [0.1, 0.15) is 27.1 Å². The Bertz CT molecular complexity index is 936. The smallest absolute Gasteiger partial charge is 0.319 e. The summed E-state index contributed by atoms with van der Waals surface area (Å²) in [6.07, 6.45) is 0.325. The quantitative estimate of drug-likeness (QED) is 0.554. The van der Waals surface area contributed by atoms with Crippen LogP contribution >= 0.6 is 15.9 Å². The van der Waals surface area contributed by atoms with Crippen molar-refractivity contribution in [3.63, 3.8) is 0 Å². The SMILES string of the molecule is O=C(NCCCN1C(=O)c2ccc(Br)cc2C1=O)Nc1ccc(F)cc1F. The fourth-order valence-corrected chi connectivity index (χ4v) is 3.02. The first-order chi connectivity index (χ1) is 12.9. The average Bonchev–Trinajstić information content (AvgIpc) is 2.85. The highest BCUT2D eigenvalue weighted by atomic mass is 79.9. The van der Waals surface area contributed by atoms with Gasteiger partial charge in [0, 0.05) is 23.6 Å². The van der Waals surface area contributed by atoms with E-state index in [1.54, 1.807) is 18.2 Å². The maximum atomic E-state index is 13.5. The number of hydrogen-bond donors (Lipinski definition) is 2. The summed E-state index contributed by atoms with van der Waals surface area (Å²) >= 11 is 3.26. The molecule has 4 amide bonds. The number of nitrogens with one attached hydrogen (secondary N) is 2. The van der Waals surface area contributed by atoms with E-state index in [-0.39, 0.29) is 30.6 Å². The lowest BCUT2D eigenvalue weighted by Crippen LogP contribution is -2.35. The van der Waals surface area contributed by atoms with Crippen molar-refractivity contribution in [3.05, 3.63) is 63.6 Å². The summed E-state index contributed by atoms with van der Waals surface area (Å²) in [4.78, 5) is 37.5. The molecule has 0 saturated carbocycles. The Hall–Kier alpha value is -2.81. The van der Waals surface area contributed by atoms with Crippen molar-refractivity contribution in [2.45, 2.75) is 6.42 Å². The third-order valence-corrected chi connectivity index (χ3v) is 4.45. The Morgan fingerprint density at radius 2 is 1.78 bits per heavy atom. The Labute approximate surface area is 161 Å². The summed E-state index contributed by atoms with van der Waals surface area (Å²) in [5.74, 6) is -2.39. The fraction of sp³-hybridized carbons (Fsp3) is 0.167. The van der Waals surface area contributed by atoms with E-state index in [2.05, 4.69) is 26.6 Å². The highest BCUT2D eigenvalue weighted by molar-refractivity contribution is 9.10. The first kappa shape index (κ1) is 19.0. The third-order valence-electron chi connectivity index (χ3n) is 3.96. The first-order valence-corrected chi connectivity index (χ1v) is 8.82. The van der Waals surface area contributed by atoms with Crippen LogP contribution in [0, 0.1) is 11.6 Å². The van der Waals surface area contributed by atoms with Crippen LogP contribution in [0.3, 0.4) is 0 Å². The molecule has 27 heavy (non-hydrogen) atoms. The van der Waals surface area contributed by atoms with Crippen LogP contribution in [0.2, 0.25) is 0 Å². The maximum absolute atomic E-state index is 13.5. The lowest BCUT2D eigenvalue weighted by molar-refractivity contribution is 0.0653. The minimum atomic E-state index is -0.887. The number of urea groups is 1. The minimum Gasteiger partial charge on any atom is -0.338 e. The van der Waals surface area contributed by atoms with Crippen molar-refractivity contribution in [2.24, 2.45) is 0 Å². The molecule has 140 valence electrons. The summed E-state index contributed by atoms with van der Waals surface area (Å²) in [5, 5.41) is 4.75. The minimum absolute atomic E-state index is 0.134. The van der Waals surface area contributed by atoms with E-state index in [1.165, 1.54) is 0 Å². The molecule has 0 bridgehead atoms. The zero-order chi connectivity index (χ0) is 19.6. The van der Waals surface area contributed by atoms with Crippen molar-refractivity contribution < 1.29 is 23.2 Å². The van der Waals surface area contributed by atoms with E-state index in [0.717, 1.165) is 17.0 Å². The van der Waals surface area contributed by atoms with Gasteiger partial charge in [0.1, 0.15) is 11.6 Å². The van der Waals surface area contributed by atoms with Gasteiger partial charge >= 0.3 is 6.03 Å². The molecule has 0 saturated heterocycles. The number of hydrogen-bond acceptors (Lipinski definition) is 3. The number of rotatable bonds is 5. The summed E-state index contributed by atoms with van der Waals surface area (Å²) in [6.45, 7) is 0.293. The number of halogens is 3. The highest BCUT2D eigenvalue weighted by Crippen LogP contribution is 2.26. The molecule has 0 aliphatic carbocycles. The topological polar surface area (TPSA) is 78.5 Å². The van der Waals surface area contributed by atoms with Crippen LogP contribution in [-0.4, -0.2) is 35.8 Å². The molecule has 2 N–H and O–H groups in total. The van der Waals surface area contributed by atoms with E-state index in [4.69, 9.17) is 0 Å². The van der Waals surface area contributed by atoms with E-state index in [9.17, 15) is 23.2 Å². The lowest BCUT2D eigenvalue weighted by Gasteiger charge is -2.14. The van der Waals surface area contributed by atoms with Crippen LogP contribution in [0.25, 0.3) is 0 Å². The maximum Gasteiger partial charge on any atom is 0.319 e. The van der Waals surface area contributed by atoms with Gasteiger partial charge in [-0.3, -0.25) is 14.5 Å². The molecule has 3 rings (SSSR count). The van der Waals surface area contributed by atoms with Crippen molar-refractivity contribution >= 4 is 39.5 Å². The van der Waals surface area contributed by atoms with Crippen molar-refractivity contribution in [2.75, 3.05) is 18.4 Å². The van der Waals surface area contributed by atoms with Crippen LogP contribution < -0.4 is 10.6 Å². The van der Waals surface area contributed by atoms with Gasteiger partial charge < -0.3 is 10.6 Å². The predicted molar refractivity (Wildman–Crippen MR) is 97.5 cm³/mol. The molecule has 1 aliphatic heterocycles. The molecule has 0 spiro atoms. The average molecular weight is 438 g/mol. The highest BCUT2D eigenvalue weighted by Gasteiger charge is 2.34. The van der Waals surface area contributed by atoms with Crippen LogP contribution in [0.4, 0.5) is 19.3 Å². The van der Waals surface area contributed by atoms with E-state index >= 15 is 0 Å². The van der Waals surface area contributed by atoms with Crippen molar-refractivity contribution in [1.82, 2.24) is 10.2 Å². The Morgan fingerprint density at radius 3 is 2.52 bits per heavy atom. The summed E-state index contributed by atoms with van der Waals surface area (Å²) in [7, 11) is 0. The van der Waals surface area contributed by atoms with Crippen molar-refractivity contribution in [1.29, 1.82) is 0 Å². The monoisotopic (exact) mass is 437 g/mol. The number of amides is 4. The zero-order valence-electron chi connectivity index (χ0n) is 13.9. The molecular weight excluding hydrogens is 424 g/mol. The third kappa shape index (κ3) is 4.13. The predicted octanol–water partition coefficient (Wildman–Crippen LogP) is 3.54. The molecule has 0 radical (unpaired) electrons. The largest absolute Gasteiger partial charge is 0.338 e. The molecule has 0 atom stereocenters. The number of carbonyl (C=O) groups is 3. The number of carbonyl (C=O) groups excluding carboxylic acids is 3. The van der Waals surface area contributed by atoms with Gasteiger partial charge in [-0.15, -0.1) is 0 Å². The molecule has 2 aromatic rings. The molecular formula is C18H14BrF2N3O3. The van der Waals surface area contributed by atoms with Gasteiger partial charge in [0.05, 0.1) is 16.8 Å². The molecule has 9 heteroatoms. The lowest BCUT2D eigenvalue weighted by atomic mass is 10.1. The summed E-state index contributed by atoms with van der Waals surface area (Å²) in [6, 6.07) is 7.00. The number of nitrogens with zero attached hydrogens (tertiary/aromatic N) is 1. The van der Waals surface area contributed by atoms with E-state index < -0.39 is 17.7 Å². The molecule has 1 aliphatic rings. The van der Waals surface area contributed by atoms with E-state index in [1.807, 2.05) is 0 Å². The second-order valence-electron chi connectivity index (χ2n) is 5.81. The molecule has 0 fully saturated rings. The Balaban J connectivity index is 1.48.